The Kier molecular flexibility index (Phi) is 6.80. The predicted octanol–water partition coefficient (Wildman–Crippen LogP) is 2.88. The molecule has 0 saturated carbocycles. The topological polar surface area (TPSA) is 92.8 Å². The zero-order chi connectivity index (χ0) is 20.9. The van der Waals surface area contributed by atoms with Crippen molar-refractivity contribution < 1.29 is 22.7 Å². The van der Waals surface area contributed by atoms with Crippen LogP contribution in [0.15, 0.2) is 42.5 Å². The van der Waals surface area contributed by atoms with Crippen LogP contribution in [0.1, 0.15) is 28.4 Å². The van der Waals surface area contributed by atoms with Gasteiger partial charge in [-0.05, 0) is 50.6 Å². The molecule has 0 unspecified atom stereocenters. The fourth-order valence-corrected chi connectivity index (χ4v) is 3.65. The van der Waals surface area contributed by atoms with E-state index in [-0.39, 0.29) is 13.2 Å². The first-order valence-electron chi connectivity index (χ1n) is 8.74. The third kappa shape index (κ3) is 5.56. The van der Waals surface area contributed by atoms with Crippen LogP contribution in [0, 0.1) is 13.8 Å². The van der Waals surface area contributed by atoms with Gasteiger partial charge in [0.15, 0.2) is 0 Å². The SMILES string of the molecule is CCOC(=O)c1cccc(NC(=O)CN(c2ccc(C)cc2C)S(C)(=O)=O)c1. The zero-order valence-corrected chi connectivity index (χ0v) is 17.2. The number of anilines is 2. The number of ether oxygens (including phenoxy) is 1. The molecule has 2 rings (SSSR count). The first-order chi connectivity index (χ1) is 13.1. The van der Waals surface area contributed by atoms with Crippen LogP contribution >= 0.6 is 0 Å². The second-order valence-corrected chi connectivity index (χ2v) is 8.32. The first-order valence-corrected chi connectivity index (χ1v) is 10.6. The maximum Gasteiger partial charge on any atom is 0.338 e. The van der Waals surface area contributed by atoms with E-state index in [1.54, 1.807) is 44.2 Å². The number of carbonyl (C=O) groups excluding carboxylic acids is 2. The minimum atomic E-state index is -3.67. The van der Waals surface area contributed by atoms with E-state index in [1.807, 2.05) is 13.0 Å². The highest BCUT2D eigenvalue weighted by atomic mass is 32.2. The lowest BCUT2D eigenvalue weighted by Gasteiger charge is -2.24. The van der Waals surface area contributed by atoms with Crippen LogP contribution in [-0.2, 0) is 19.6 Å². The Labute approximate surface area is 165 Å². The lowest BCUT2D eigenvalue weighted by Crippen LogP contribution is -2.37. The van der Waals surface area contributed by atoms with E-state index in [1.165, 1.54) is 6.07 Å². The molecule has 1 amide bonds. The van der Waals surface area contributed by atoms with Crippen molar-refractivity contribution in [2.45, 2.75) is 20.8 Å². The van der Waals surface area contributed by atoms with Crippen LogP contribution in [0.5, 0.6) is 0 Å². The molecule has 0 spiro atoms. The van der Waals surface area contributed by atoms with Crippen molar-refractivity contribution in [3.05, 3.63) is 59.2 Å². The number of hydrogen-bond acceptors (Lipinski definition) is 5. The molecule has 150 valence electrons. The molecule has 1 N–H and O–H groups in total. The van der Waals surface area contributed by atoms with Gasteiger partial charge in [0.1, 0.15) is 6.54 Å². The van der Waals surface area contributed by atoms with Crippen LogP contribution in [0.25, 0.3) is 0 Å². The molecule has 7 nitrogen and oxygen atoms in total. The van der Waals surface area contributed by atoms with Crippen molar-refractivity contribution >= 4 is 33.3 Å². The number of nitrogens with one attached hydrogen (secondary N) is 1. The number of sulfonamides is 1. The molecule has 0 fully saturated rings. The van der Waals surface area contributed by atoms with Gasteiger partial charge in [-0.1, -0.05) is 23.8 Å². The standard InChI is InChI=1S/C20H24N2O5S/c1-5-27-20(24)16-7-6-8-17(12-16)21-19(23)13-22(28(4,25)26)18-10-9-14(2)11-15(18)3/h6-12H,5,13H2,1-4H3,(H,21,23). The van der Waals surface area contributed by atoms with Crippen LogP contribution in [-0.4, -0.2) is 39.7 Å². The van der Waals surface area contributed by atoms with Gasteiger partial charge in [0.05, 0.1) is 24.1 Å². The van der Waals surface area contributed by atoms with Crippen LogP contribution in [0.2, 0.25) is 0 Å². The van der Waals surface area contributed by atoms with E-state index < -0.39 is 21.9 Å². The third-order valence-corrected chi connectivity index (χ3v) is 5.09. The highest BCUT2D eigenvalue weighted by molar-refractivity contribution is 7.92. The summed E-state index contributed by atoms with van der Waals surface area (Å²) in [5.41, 5.74) is 2.87. The molecule has 0 aromatic heterocycles. The van der Waals surface area contributed by atoms with Crippen molar-refractivity contribution in [1.29, 1.82) is 0 Å². The fraction of sp³-hybridized carbons (Fsp3) is 0.300. The van der Waals surface area contributed by atoms with Gasteiger partial charge in [-0.3, -0.25) is 9.10 Å². The minimum Gasteiger partial charge on any atom is -0.462 e. The fourth-order valence-electron chi connectivity index (χ4n) is 2.74. The van der Waals surface area contributed by atoms with Crippen molar-refractivity contribution in [1.82, 2.24) is 0 Å². The van der Waals surface area contributed by atoms with E-state index in [9.17, 15) is 18.0 Å². The molecular formula is C20H24N2O5S. The number of amides is 1. The lowest BCUT2D eigenvalue weighted by molar-refractivity contribution is -0.114. The van der Waals surface area contributed by atoms with Gasteiger partial charge < -0.3 is 10.1 Å². The van der Waals surface area contributed by atoms with E-state index in [2.05, 4.69) is 5.32 Å². The zero-order valence-electron chi connectivity index (χ0n) is 16.4. The molecule has 2 aromatic rings. The molecule has 0 heterocycles. The number of hydrogen-bond donors (Lipinski definition) is 1. The molecule has 0 aliphatic rings. The van der Waals surface area contributed by atoms with Crippen LogP contribution < -0.4 is 9.62 Å². The lowest BCUT2D eigenvalue weighted by atomic mass is 10.1. The molecule has 0 bridgehead atoms. The highest BCUT2D eigenvalue weighted by Crippen LogP contribution is 2.23. The van der Waals surface area contributed by atoms with E-state index >= 15 is 0 Å². The highest BCUT2D eigenvalue weighted by Gasteiger charge is 2.22. The van der Waals surface area contributed by atoms with Gasteiger partial charge in [-0.15, -0.1) is 0 Å². The van der Waals surface area contributed by atoms with Gasteiger partial charge in [0.2, 0.25) is 15.9 Å². The molecule has 2 aromatic carbocycles. The van der Waals surface area contributed by atoms with Gasteiger partial charge in [0, 0.05) is 5.69 Å². The van der Waals surface area contributed by atoms with E-state index in [4.69, 9.17) is 4.74 Å². The number of carbonyl (C=O) groups is 2. The molecule has 0 atom stereocenters. The number of esters is 1. The molecular weight excluding hydrogens is 380 g/mol. The molecule has 8 heteroatoms. The summed E-state index contributed by atoms with van der Waals surface area (Å²) >= 11 is 0. The molecule has 0 radical (unpaired) electrons. The van der Waals surface area contributed by atoms with Gasteiger partial charge >= 0.3 is 5.97 Å². The summed E-state index contributed by atoms with van der Waals surface area (Å²) in [6.07, 6.45) is 1.06. The Bertz CT molecular complexity index is 986. The molecule has 28 heavy (non-hydrogen) atoms. The normalized spacial score (nSPS) is 11.0. The predicted molar refractivity (Wildman–Crippen MR) is 109 cm³/mol. The van der Waals surface area contributed by atoms with Gasteiger partial charge in [0.25, 0.3) is 0 Å². The summed E-state index contributed by atoms with van der Waals surface area (Å²) in [6.45, 7) is 5.27. The Morgan fingerprint density at radius 2 is 1.82 bits per heavy atom. The molecule has 0 aliphatic heterocycles. The van der Waals surface area contributed by atoms with Crippen molar-refractivity contribution in [2.24, 2.45) is 0 Å². The average Bonchev–Trinajstić information content (AvgIpc) is 2.60. The maximum absolute atomic E-state index is 12.5. The molecule has 0 saturated heterocycles. The Morgan fingerprint density at radius 3 is 2.43 bits per heavy atom. The summed E-state index contributed by atoms with van der Waals surface area (Å²) in [4.78, 5) is 24.3. The second-order valence-electron chi connectivity index (χ2n) is 6.41. The summed E-state index contributed by atoms with van der Waals surface area (Å²) in [5, 5.41) is 2.63. The number of rotatable bonds is 7. The third-order valence-electron chi connectivity index (χ3n) is 3.97. The summed E-state index contributed by atoms with van der Waals surface area (Å²) < 4.78 is 30.5. The second kappa shape index (κ2) is 8.88. The average molecular weight is 404 g/mol. The van der Waals surface area contributed by atoms with Crippen LogP contribution in [0.4, 0.5) is 11.4 Å². The van der Waals surface area contributed by atoms with Crippen molar-refractivity contribution in [3.8, 4) is 0 Å². The summed E-state index contributed by atoms with van der Waals surface area (Å²) in [7, 11) is -3.67. The van der Waals surface area contributed by atoms with Gasteiger partial charge in [-0.2, -0.15) is 0 Å². The summed E-state index contributed by atoms with van der Waals surface area (Å²) in [6, 6.07) is 11.6. The molecule has 0 aliphatic carbocycles. The Hall–Kier alpha value is -2.87. The quantitative estimate of drug-likeness (QED) is 0.717. The van der Waals surface area contributed by atoms with Crippen molar-refractivity contribution in [2.75, 3.05) is 29.0 Å². The van der Waals surface area contributed by atoms with Crippen LogP contribution in [0.3, 0.4) is 0 Å². The summed E-state index contributed by atoms with van der Waals surface area (Å²) in [5.74, 6) is -1.02. The minimum absolute atomic E-state index is 0.245. The monoisotopic (exact) mass is 404 g/mol. The maximum atomic E-state index is 12.5. The number of nitrogens with zero attached hydrogens (tertiary/aromatic N) is 1. The smallest absolute Gasteiger partial charge is 0.338 e. The Balaban J connectivity index is 2.21. The first kappa shape index (κ1) is 21.4. The number of aryl methyl sites for hydroxylation is 2. The largest absolute Gasteiger partial charge is 0.462 e. The van der Waals surface area contributed by atoms with Gasteiger partial charge in [-0.25, -0.2) is 13.2 Å². The Morgan fingerprint density at radius 1 is 1.11 bits per heavy atom. The van der Waals surface area contributed by atoms with Crippen molar-refractivity contribution in [3.63, 3.8) is 0 Å². The van der Waals surface area contributed by atoms with E-state index in [0.29, 0.717) is 16.9 Å². The number of benzene rings is 2. The van der Waals surface area contributed by atoms with E-state index in [0.717, 1.165) is 21.7 Å².